The standard InChI is InChI=1S/C24H28ClN3O2/c1-15(2)14-27(22(29)13-25)18(5)23-26-21-9-7-6-8-20(21)24(30)28(23)19-11-10-16(3)17(4)12-19/h6-12,15,18H,13-14H2,1-5H3/t18-/m1/s1. The van der Waals surface area contributed by atoms with Crippen LogP contribution in [0.5, 0.6) is 0 Å². The van der Waals surface area contributed by atoms with Crippen LogP contribution in [0.25, 0.3) is 16.6 Å². The van der Waals surface area contributed by atoms with Crippen LogP contribution in [0.3, 0.4) is 0 Å². The number of rotatable bonds is 6. The van der Waals surface area contributed by atoms with Crippen molar-refractivity contribution in [2.45, 2.75) is 40.7 Å². The van der Waals surface area contributed by atoms with Crippen molar-refractivity contribution >= 4 is 28.4 Å². The van der Waals surface area contributed by atoms with E-state index in [-0.39, 0.29) is 23.3 Å². The fourth-order valence-corrected chi connectivity index (χ4v) is 3.78. The summed E-state index contributed by atoms with van der Waals surface area (Å²) in [6.07, 6.45) is 0. The van der Waals surface area contributed by atoms with E-state index in [4.69, 9.17) is 16.6 Å². The molecule has 0 bridgehead atoms. The summed E-state index contributed by atoms with van der Waals surface area (Å²) in [7, 11) is 0. The quantitative estimate of drug-likeness (QED) is 0.533. The molecule has 0 aliphatic heterocycles. The predicted octanol–water partition coefficient (Wildman–Crippen LogP) is 4.79. The minimum atomic E-state index is -0.419. The summed E-state index contributed by atoms with van der Waals surface area (Å²) in [6, 6.07) is 12.8. The van der Waals surface area contributed by atoms with E-state index in [1.54, 1.807) is 15.5 Å². The lowest BCUT2D eigenvalue weighted by atomic mass is 10.1. The Morgan fingerprint density at radius 1 is 1.10 bits per heavy atom. The van der Waals surface area contributed by atoms with Crippen molar-refractivity contribution in [2.24, 2.45) is 5.92 Å². The Kier molecular flexibility index (Phi) is 6.61. The summed E-state index contributed by atoms with van der Waals surface area (Å²) in [5.74, 6) is 0.494. The molecule has 0 N–H and O–H groups in total. The van der Waals surface area contributed by atoms with E-state index >= 15 is 0 Å². The van der Waals surface area contributed by atoms with Crippen molar-refractivity contribution in [3.05, 3.63) is 69.8 Å². The minimum absolute atomic E-state index is 0.113. The number of aromatic nitrogens is 2. The molecule has 1 heterocycles. The molecule has 2 aromatic carbocycles. The van der Waals surface area contributed by atoms with Gasteiger partial charge in [0.1, 0.15) is 11.7 Å². The van der Waals surface area contributed by atoms with E-state index in [2.05, 4.69) is 0 Å². The SMILES string of the molecule is Cc1ccc(-n2c([C@@H](C)N(CC(C)C)C(=O)CCl)nc3ccccc3c2=O)cc1C. The van der Waals surface area contributed by atoms with E-state index in [0.717, 1.165) is 16.8 Å². The van der Waals surface area contributed by atoms with Crippen LogP contribution in [0, 0.1) is 19.8 Å². The lowest BCUT2D eigenvalue weighted by molar-refractivity contribution is -0.131. The average Bonchev–Trinajstić information content (AvgIpc) is 2.73. The third kappa shape index (κ3) is 4.26. The number of nitrogens with zero attached hydrogens (tertiary/aromatic N) is 3. The second-order valence-electron chi connectivity index (χ2n) is 8.15. The lowest BCUT2D eigenvalue weighted by Crippen LogP contribution is -2.40. The Morgan fingerprint density at radius 2 is 1.80 bits per heavy atom. The molecule has 0 aliphatic rings. The Hall–Kier alpha value is -2.66. The largest absolute Gasteiger partial charge is 0.331 e. The van der Waals surface area contributed by atoms with Gasteiger partial charge in [0.25, 0.3) is 5.56 Å². The first-order valence-electron chi connectivity index (χ1n) is 10.2. The molecule has 0 saturated carbocycles. The summed E-state index contributed by atoms with van der Waals surface area (Å²) >= 11 is 5.90. The molecule has 0 aliphatic carbocycles. The number of benzene rings is 2. The van der Waals surface area contributed by atoms with Crippen molar-refractivity contribution in [2.75, 3.05) is 12.4 Å². The van der Waals surface area contributed by atoms with E-state index in [1.165, 1.54) is 0 Å². The monoisotopic (exact) mass is 425 g/mol. The number of halogens is 1. The maximum atomic E-state index is 13.5. The van der Waals surface area contributed by atoms with Crippen LogP contribution < -0.4 is 5.56 Å². The van der Waals surface area contributed by atoms with Crippen molar-refractivity contribution in [1.82, 2.24) is 14.5 Å². The molecular formula is C24H28ClN3O2. The van der Waals surface area contributed by atoms with E-state index in [0.29, 0.717) is 23.3 Å². The summed E-state index contributed by atoms with van der Waals surface area (Å²) in [5, 5.41) is 0.547. The van der Waals surface area contributed by atoms with Gasteiger partial charge >= 0.3 is 0 Å². The number of fused-ring (bicyclic) bond motifs is 1. The van der Waals surface area contributed by atoms with Crippen molar-refractivity contribution < 1.29 is 4.79 Å². The molecule has 1 amide bonds. The van der Waals surface area contributed by atoms with Crippen LogP contribution in [0.15, 0.2) is 47.3 Å². The van der Waals surface area contributed by atoms with E-state index in [1.807, 2.05) is 71.0 Å². The van der Waals surface area contributed by atoms with Gasteiger partial charge in [0, 0.05) is 6.54 Å². The van der Waals surface area contributed by atoms with Gasteiger partial charge in [0.05, 0.1) is 22.6 Å². The van der Waals surface area contributed by atoms with Gasteiger partial charge in [-0.05, 0) is 62.1 Å². The second-order valence-corrected chi connectivity index (χ2v) is 8.41. The van der Waals surface area contributed by atoms with Crippen LogP contribution in [-0.2, 0) is 4.79 Å². The molecule has 0 radical (unpaired) electrons. The summed E-state index contributed by atoms with van der Waals surface area (Å²) < 4.78 is 1.63. The van der Waals surface area contributed by atoms with E-state index in [9.17, 15) is 9.59 Å². The maximum Gasteiger partial charge on any atom is 0.266 e. The smallest absolute Gasteiger partial charge is 0.266 e. The van der Waals surface area contributed by atoms with Crippen molar-refractivity contribution in [1.29, 1.82) is 0 Å². The van der Waals surface area contributed by atoms with Gasteiger partial charge in [-0.3, -0.25) is 14.2 Å². The van der Waals surface area contributed by atoms with Crippen LogP contribution in [-0.4, -0.2) is 32.8 Å². The molecule has 1 atom stereocenters. The zero-order valence-corrected chi connectivity index (χ0v) is 18.9. The van der Waals surface area contributed by atoms with Gasteiger partial charge in [-0.15, -0.1) is 11.6 Å². The number of para-hydroxylation sites is 1. The number of hydrogen-bond acceptors (Lipinski definition) is 3. The summed E-state index contributed by atoms with van der Waals surface area (Å²) in [6.45, 7) is 10.6. The molecule has 6 heteroatoms. The highest BCUT2D eigenvalue weighted by molar-refractivity contribution is 6.27. The second kappa shape index (κ2) is 9.00. The number of hydrogen-bond donors (Lipinski definition) is 0. The first-order valence-corrected chi connectivity index (χ1v) is 10.7. The Labute approximate surface area is 182 Å². The molecule has 3 aromatic rings. The third-order valence-electron chi connectivity index (χ3n) is 5.39. The highest BCUT2D eigenvalue weighted by Gasteiger charge is 2.27. The normalized spacial score (nSPS) is 12.4. The molecule has 30 heavy (non-hydrogen) atoms. The summed E-state index contributed by atoms with van der Waals surface area (Å²) in [4.78, 5) is 32.7. The maximum absolute atomic E-state index is 13.5. The third-order valence-corrected chi connectivity index (χ3v) is 5.62. The Morgan fingerprint density at radius 3 is 2.43 bits per heavy atom. The number of amides is 1. The zero-order chi connectivity index (χ0) is 22.0. The van der Waals surface area contributed by atoms with Gasteiger partial charge in [-0.2, -0.15) is 0 Å². The number of alkyl halides is 1. The molecule has 158 valence electrons. The molecule has 0 fully saturated rings. The molecule has 1 aromatic heterocycles. The number of carbonyl (C=O) groups is 1. The van der Waals surface area contributed by atoms with E-state index < -0.39 is 6.04 Å². The molecule has 3 rings (SSSR count). The highest BCUT2D eigenvalue weighted by atomic mass is 35.5. The van der Waals surface area contributed by atoms with Crippen LogP contribution in [0.2, 0.25) is 0 Å². The number of carbonyl (C=O) groups excluding carboxylic acids is 1. The average molecular weight is 426 g/mol. The molecule has 0 spiro atoms. The minimum Gasteiger partial charge on any atom is -0.331 e. The molecule has 5 nitrogen and oxygen atoms in total. The van der Waals surface area contributed by atoms with Crippen LogP contribution in [0.4, 0.5) is 0 Å². The van der Waals surface area contributed by atoms with Crippen molar-refractivity contribution in [3.8, 4) is 5.69 Å². The van der Waals surface area contributed by atoms with Gasteiger partial charge in [-0.1, -0.05) is 32.0 Å². The topological polar surface area (TPSA) is 55.2 Å². The molecular weight excluding hydrogens is 398 g/mol. The fraction of sp³-hybridized carbons (Fsp3) is 0.375. The predicted molar refractivity (Wildman–Crippen MR) is 123 cm³/mol. The highest BCUT2D eigenvalue weighted by Crippen LogP contribution is 2.25. The fourth-order valence-electron chi connectivity index (χ4n) is 3.63. The first-order chi connectivity index (χ1) is 14.2. The zero-order valence-electron chi connectivity index (χ0n) is 18.1. The van der Waals surface area contributed by atoms with Gasteiger partial charge in [0.2, 0.25) is 5.91 Å². The van der Waals surface area contributed by atoms with Gasteiger partial charge in [-0.25, -0.2) is 4.98 Å². The van der Waals surface area contributed by atoms with Gasteiger partial charge in [0.15, 0.2) is 0 Å². The van der Waals surface area contributed by atoms with Crippen molar-refractivity contribution in [3.63, 3.8) is 0 Å². The number of aryl methyl sites for hydroxylation is 2. The molecule has 0 unspecified atom stereocenters. The van der Waals surface area contributed by atoms with Crippen LogP contribution >= 0.6 is 11.6 Å². The summed E-state index contributed by atoms with van der Waals surface area (Å²) in [5.41, 5.74) is 3.45. The molecule has 0 saturated heterocycles. The Bertz CT molecular complexity index is 1140. The lowest BCUT2D eigenvalue weighted by Gasteiger charge is -2.31. The Balaban J connectivity index is 2.30. The first kappa shape index (κ1) is 22.0. The van der Waals surface area contributed by atoms with Crippen LogP contribution in [0.1, 0.15) is 43.8 Å². The van der Waals surface area contributed by atoms with Gasteiger partial charge < -0.3 is 4.90 Å².